The van der Waals surface area contributed by atoms with Crippen molar-refractivity contribution in [2.45, 2.75) is 27.2 Å². The lowest BCUT2D eigenvalue weighted by Gasteiger charge is -2.11. The van der Waals surface area contributed by atoms with Gasteiger partial charge in [-0.3, -0.25) is 14.8 Å². The lowest BCUT2D eigenvalue weighted by Crippen LogP contribution is -2.25. The first-order valence-corrected chi connectivity index (χ1v) is 7.93. The largest absolute Gasteiger partial charge is 0.463 e. The third-order valence-corrected chi connectivity index (χ3v) is 3.47. The molecule has 132 valence electrons. The van der Waals surface area contributed by atoms with Gasteiger partial charge < -0.3 is 9.47 Å². The molecule has 7 nitrogen and oxygen atoms in total. The highest BCUT2D eigenvalue weighted by Crippen LogP contribution is 2.25. The van der Waals surface area contributed by atoms with Gasteiger partial charge in [-0.25, -0.2) is 9.59 Å². The molecule has 0 saturated heterocycles. The Morgan fingerprint density at radius 2 is 1.96 bits per heavy atom. The fourth-order valence-corrected chi connectivity index (χ4v) is 2.26. The van der Waals surface area contributed by atoms with Gasteiger partial charge in [0.05, 0.1) is 12.2 Å². The zero-order valence-electron chi connectivity index (χ0n) is 14.3. The van der Waals surface area contributed by atoms with E-state index in [1.54, 1.807) is 32.1 Å². The first-order chi connectivity index (χ1) is 11.9. The number of carbonyl (C=O) groups is 1. The van der Waals surface area contributed by atoms with Crippen molar-refractivity contribution in [3.8, 4) is 11.6 Å². The number of hydrogen-bond donors (Lipinski definition) is 2. The highest BCUT2D eigenvalue weighted by Gasteiger charge is 2.11. The monoisotopic (exact) mass is 344 g/mol. The molecule has 0 radical (unpaired) electrons. The van der Waals surface area contributed by atoms with Crippen LogP contribution in [0.4, 0.5) is 0 Å². The number of nitrogens with one attached hydrogen (secondary N) is 2. The fourth-order valence-electron chi connectivity index (χ4n) is 2.26. The standard InChI is InChI=1S/C18H20N2O5/c1-4-13-16(22)19-18(23)20-17(13)25-14-8-6-12(10-11(14)3)7-9-15(21)24-5-2/h6-10H,4-5H2,1-3H3,(H2,19,20,22,23)/b9-7+. The summed E-state index contributed by atoms with van der Waals surface area (Å²) < 4.78 is 10.5. The second-order valence-electron chi connectivity index (χ2n) is 5.28. The summed E-state index contributed by atoms with van der Waals surface area (Å²) in [5.74, 6) is 0.229. The first-order valence-electron chi connectivity index (χ1n) is 7.93. The minimum absolute atomic E-state index is 0.133. The summed E-state index contributed by atoms with van der Waals surface area (Å²) in [6, 6.07) is 5.29. The maximum absolute atomic E-state index is 11.8. The van der Waals surface area contributed by atoms with Crippen LogP contribution in [0.15, 0.2) is 33.9 Å². The molecule has 0 bridgehead atoms. The summed E-state index contributed by atoms with van der Waals surface area (Å²) in [6.45, 7) is 5.69. The fraction of sp³-hybridized carbons (Fsp3) is 0.278. The average molecular weight is 344 g/mol. The normalized spacial score (nSPS) is 10.8. The zero-order chi connectivity index (χ0) is 18.4. The van der Waals surface area contributed by atoms with Crippen LogP contribution < -0.4 is 16.0 Å². The number of H-pyrrole nitrogens is 2. The Balaban J connectivity index is 2.27. The molecule has 1 aromatic carbocycles. The lowest BCUT2D eigenvalue weighted by molar-refractivity contribution is -0.137. The van der Waals surface area contributed by atoms with Gasteiger partial charge in [0, 0.05) is 6.08 Å². The number of benzene rings is 1. The molecule has 0 aliphatic rings. The molecule has 0 fully saturated rings. The molecule has 1 heterocycles. The SMILES string of the molecule is CCOC(=O)/C=C/c1ccc(Oc2[nH]c(=O)[nH]c(=O)c2CC)c(C)c1. The predicted molar refractivity (Wildman–Crippen MR) is 94.0 cm³/mol. The van der Waals surface area contributed by atoms with E-state index in [0.717, 1.165) is 11.1 Å². The van der Waals surface area contributed by atoms with Crippen LogP contribution in [0.5, 0.6) is 11.6 Å². The van der Waals surface area contributed by atoms with Crippen molar-refractivity contribution in [3.63, 3.8) is 0 Å². The van der Waals surface area contributed by atoms with Gasteiger partial charge in [0.15, 0.2) is 0 Å². The predicted octanol–water partition coefficient (Wildman–Crippen LogP) is 2.30. The molecule has 25 heavy (non-hydrogen) atoms. The van der Waals surface area contributed by atoms with Crippen LogP contribution in [0.2, 0.25) is 0 Å². The van der Waals surface area contributed by atoms with E-state index in [0.29, 0.717) is 24.3 Å². The van der Waals surface area contributed by atoms with Gasteiger partial charge in [0.25, 0.3) is 5.56 Å². The Morgan fingerprint density at radius 3 is 2.60 bits per heavy atom. The number of hydrogen-bond acceptors (Lipinski definition) is 5. The molecule has 2 N–H and O–H groups in total. The number of ether oxygens (including phenoxy) is 2. The van der Waals surface area contributed by atoms with E-state index < -0.39 is 17.2 Å². The molecule has 0 unspecified atom stereocenters. The first kappa shape index (κ1) is 18.3. The summed E-state index contributed by atoms with van der Waals surface area (Å²) in [7, 11) is 0. The highest BCUT2D eigenvalue weighted by atomic mass is 16.5. The smallest absolute Gasteiger partial charge is 0.330 e. The molecule has 0 aliphatic carbocycles. The Hall–Kier alpha value is -3.09. The Kier molecular flexibility index (Phi) is 5.94. The summed E-state index contributed by atoms with van der Waals surface area (Å²) in [4.78, 5) is 39.3. The minimum Gasteiger partial charge on any atom is -0.463 e. The van der Waals surface area contributed by atoms with Crippen molar-refractivity contribution < 1.29 is 14.3 Å². The third-order valence-electron chi connectivity index (χ3n) is 3.47. The quantitative estimate of drug-likeness (QED) is 0.618. The van der Waals surface area contributed by atoms with Crippen LogP contribution in [-0.2, 0) is 16.0 Å². The van der Waals surface area contributed by atoms with E-state index in [9.17, 15) is 14.4 Å². The molecular formula is C18H20N2O5. The molecule has 2 aromatic rings. The third kappa shape index (κ3) is 4.69. The number of rotatable bonds is 6. The van der Waals surface area contributed by atoms with Gasteiger partial charge in [-0.1, -0.05) is 13.0 Å². The van der Waals surface area contributed by atoms with Crippen molar-refractivity contribution >= 4 is 12.0 Å². The summed E-state index contributed by atoms with van der Waals surface area (Å²) >= 11 is 0. The van der Waals surface area contributed by atoms with Gasteiger partial charge in [-0.2, -0.15) is 0 Å². The topological polar surface area (TPSA) is 101 Å². The minimum atomic E-state index is -0.621. The van der Waals surface area contributed by atoms with Crippen LogP contribution in [-0.4, -0.2) is 22.5 Å². The van der Waals surface area contributed by atoms with E-state index in [2.05, 4.69) is 9.97 Å². The molecule has 0 atom stereocenters. The van der Waals surface area contributed by atoms with Crippen LogP contribution in [0, 0.1) is 6.92 Å². The van der Waals surface area contributed by atoms with E-state index in [4.69, 9.17) is 9.47 Å². The number of aromatic amines is 2. The lowest BCUT2D eigenvalue weighted by atomic mass is 10.1. The van der Waals surface area contributed by atoms with Gasteiger partial charge in [0.1, 0.15) is 5.75 Å². The van der Waals surface area contributed by atoms with E-state index in [1.807, 2.05) is 13.0 Å². The van der Waals surface area contributed by atoms with Crippen molar-refractivity contribution in [1.82, 2.24) is 9.97 Å². The summed E-state index contributed by atoms with van der Waals surface area (Å²) in [6.07, 6.45) is 3.41. The van der Waals surface area contributed by atoms with E-state index >= 15 is 0 Å². The summed E-state index contributed by atoms with van der Waals surface area (Å²) in [5.41, 5.74) is 0.865. The second-order valence-corrected chi connectivity index (χ2v) is 5.28. The molecule has 1 aromatic heterocycles. The van der Waals surface area contributed by atoms with Gasteiger partial charge in [0.2, 0.25) is 5.88 Å². The molecule has 2 rings (SSSR count). The summed E-state index contributed by atoms with van der Waals surface area (Å²) in [5, 5.41) is 0. The molecule has 7 heteroatoms. The maximum atomic E-state index is 11.8. The molecule has 0 saturated carbocycles. The van der Waals surface area contributed by atoms with Gasteiger partial charge in [-0.05, 0) is 49.6 Å². The van der Waals surface area contributed by atoms with Gasteiger partial charge >= 0.3 is 11.7 Å². The Labute approximate surface area is 144 Å². The van der Waals surface area contributed by atoms with Crippen molar-refractivity contribution in [3.05, 3.63) is 61.8 Å². The Morgan fingerprint density at radius 1 is 1.20 bits per heavy atom. The number of carbonyl (C=O) groups excluding carboxylic acids is 1. The number of esters is 1. The van der Waals surface area contributed by atoms with Crippen LogP contribution in [0.3, 0.4) is 0 Å². The van der Waals surface area contributed by atoms with Crippen molar-refractivity contribution in [2.75, 3.05) is 6.61 Å². The van der Waals surface area contributed by atoms with Gasteiger partial charge in [-0.15, -0.1) is 0 Å². The van der Waals surface area contributed by atoms with E-state index in [-0.39, 0.29) is 5.88 Å². The number of aryl methyl sites for hydroxylation is 1. The van der Waals surface area contributed by atoms with Crippen LogP contribution >= 0.6 is 0 Å². The molecule has 0 aliphatic heterocycles. The zero-order valence-corrected chi connectivity index (χ0v) is 14.3. The van der Waals surface area contributed by atoms with Crippen molar-refractivity contribution in [1.29, 1.82) is 0 Å². The highest BCUT2D eigenvalue weighted by molar-refractivity contribution is 5.87. The van der Waals surface area contributed by atoms with E-state index in [1.165, 1.54) is 6.08 Å². The maximum Gasteiger partial charge on any atom is 0.330 e. The Bertz CT molecular complexity index is 908. The number of aromatic nitrogens is 2. The van der Waals surface area contributed by atoms with Crippen LogP contribution in [0.25, 0.3) is 6.08 Å². The van der Waals surface area contributed by atoms with Crippen LogP contribution in [0.1, 0.15) is 30.5 Å². The average Bonchev–Trinajstić information content (AvgIpc) is 2.55. The molecule has 0 amide bonds. The second kappa shape index (κ2) is 8.14. The van der Waals surface area contributed by atoms with Crippen molar-refractivity contribution in [2.24, 2.45) is 0 Å². The molecule has 0 spiro atoms. The molecular weight excluding hydrogens is 324 g/mol.